The van der Waals surface area contributed by atoms with Gasteiger partial charge in [-0.15, -0.1) is 0 Å². The summed E-state index contributed by atoms with van der Waals surface area (Å²) < 4.78 is 10.5. The van der Waals surface area contributed by atoms with E-state index in [1.54, 1.807) is 37.4 Å². The predicted octanol–water partition coefficient (Wildman–Crippen LogP) is 4.62. The zero-order chi connectivity index (χ0) is 23.0. The van der Waals surface area contributed by atoms with E-state index < -0.39 is 0 Å². The molecular formula is C25H27ClN2O4. The minimum absolute atomic E-state index is 0.330. The van der Waals surface area contributed by atoms with Gasteiger partial charge in [0.1, 0.15) is 17.2 Å². The molecule has 2 aliphatic rings. The molecule has 2 unspecified atom stereocenters. The summed E-state index contributed by atoms with van der Waals surface area (Å²) in [4.78, 5) is 30.7. The maximum Gasteiger partial charge on any atom is 0.282 e. The number of benzene rings is 2. The average molecular weight is 455 g/mol. The highest BCUT2D eigenvalue weighted by atomic mass is 35.5. The van der Waals surface area contributed by atoms with Gasteiger partial charge < -0.3 is 14.4 Å². The topological polar surface area (TPSA) is 59.1 Å². The number of methoxy groups -OCH3 is 2. The van der Waals surface area contributed by atoms with Crippen molar-refractivity contribution in [2.45, 2.75) is 20.3 Å². The molecule has 0 N–H and O–H groups in total. The molecule has 4 rings (SSSR count). The van der Waals surface area contributed by atoms with E-state index in [0.717, 1.165) is 19.5 Å². The molecule has 7 heteroatoms. The third-order valence-corrected chi connectivity index (χ3v) is 6.31. The van der Waals surface area contributed by atoms with E-state index in [-0.39, 0.29) is 11.8 Å². The fourth-order valence-electron chi connectivity index (χ4n) is 4.70. The van der Waals surface area contributed by atoms with E-state index in [9.17, 15) is 9.59 Å². The second-order valence-electron chi connectivity index (χ2n) is 8.57. The number of imide groups is 1. The molecule has 2 atom stereocenters. The van der Waals surface area contributed by atoms with Gasteiger partial charge in [-0.3, -0.25) is 9.59 Å². The molecule has 0 bridgehead atoms. The fraction of sp³-hybridized carbons (Fsp3) is 0.360. The number of anilines is 1. The fourth-order valence-corrected chi connectivity index (χ4v) is 4.96. The van der Waals surface area contributed by atoms with Crippen LogP contribution in [0.15, 0.2) is 48.2 Å². The number of likely N-dealkylation sites (tertiary alicyclic amines) is 1. The zero-order valence-corrected chi connectivity index (χ0v) is 19.5. The van der Waals surface area contributed by atoms with Crippen molar-refractivity contribution < 1.29 is 19.1 Å². The summed E-state index contributed by atoms with van der Waals surface area (Å²) in [6.07, 6.45) is 1.10. The molecule has 2 amide bonds. The Labute approximate surface area is 193 Å². The lowest BCUT2D eigenvalue weighted by atomic mass is 9.91. The summed E-state index contributed by atoms with van der Waals surface area (Å²) in [5.74, 6) is 1.33. The van der Waals surface area contributed by atoms with Crippen molar-refractivity contribution in [3.8, 4) is 11.5 Å². The molecule has 168 valence electrons. The highest BCUT2D eigenvalue weighted by Crippen LogP contribution is 2.39. The Kier molecular flexibility index (Phi) is 6.15. The third kappa shape index (κ3) is 3.95. The Hall–Kier alpha value is -2.99. The smallest absolute Gasteiger partial charge is 0.282 e. The number of nitrogens with zero attached hydrogens (tertiary/aromatic N) is 2. The molecule has 0 radical (unpaired) electrons. The van der Waals surface area contributed by atoms with Crippen LogP contribution >= 0.6 is 11.6 Å². The van der Waals surface area contributed by atoms with Crippen LogP contribution in [0.5, 0.6) is 11.5 Å². The van der Waals surface area contributed by atoms with Gasteiger partial charge in [0.2, 0.25) is 0 Å². The van der Waals surface area contributed by atoms with Crippen LogP contribution in [0.1, 0.15) is 25.8 Å². The van der Waals surface area contributed by atoms with Crippen molar-refractivity contribution in [1.29, 1.82) is 0 Å². The van der Waals surface area contributed by atoms with E-state index in [1.807, 2.05) is 12.1 Å². The van der Waals surface area contributed by atoms with Crippen LogP contribution in [0.25, 0.3) is 5.57 Å². The first-order chi connectivity index (χ1) is 15.3. The molecule has 2 aliphatic heterocycles. The molecule has 0 spiro atoms. The summed E-state index contributed by atoms with van der Waals surface area (Å²) in [6.45, 7) is 5.82. The molecule has 1 saturated heterocycles. The maximum atomic E-state index is 13.7. The average Bonchev–Trinajstić information content (AvgIpc) is 3.03. The molecule has 0 aliphatic carbocycles. The monoisotopic (exact) mass is 454 g/mol. The summed E-state index contributed by atoms with van der Waals surface area (Å²) in [7, 11) is 3.11. The van der Waals surface area contributed by atoms with Crippen LogP contribution in [-0.2, 0) is 9.59 Å². The maximum absolute atomic E-state index is 13.7. The van der Waals surface area contributed by atoms with Gasteiger partial charge in [0.05, 0.1) is 30.5 Å². The number of hydrogen-bond donors (Lipinski definition) is 0. The number of rotatable bonds is 5. The van der Waals surface area contributed by atoms with Crippen molar-refractivity contribution in [1.82, 2.24) is 4.90 Å². The van der Waals surface area contributed by atoms with Crippen molar-refractivity contribution in [2.24, 2.45) is 11.8 Å². The lowest BCUT2D eigenvalue weighted by Gasteiger charge is -2.37. The van der Waals surface area contributed by atoms with Crippen molar-refractivity contribution in [3.63, 3.8) is 0 Å². The summed E-state index contributed by atoms with van der Waals surface area (Å²) in [5.41, 5.74) is 1.97. The lowest BCUT2D eigenvalue weighted by molar-refractivity contribution is -0.120. The Morgan fingerprint density at radius 3 is 2.12 bits per heavy atom. The third-order valence-electron chi connectivity index (χ3n) is 6.02. The van der Waals surface area contributed by atoms with Crippen LogP contribution < -0.4 is 14.4 Å². The van der Waals surface area contributed by atoms with Gasteiger partial charge in [-0.2, -0.15) is 0 Å². The highest BCUT2D eigenvalue weighted by molar-refractivity contribution is 6.45. The van der Waals surface area contributed by atoms with Gasteiger partial charge in [0.25, 0.3) is 11.8 Å². The van der Waals surface area contributed by atoms with Crippen molar-refractivity contribution >= 4 is 34.7 Å². The molecule has 2 aromatic carbocycles. The van der Waals surface area contributed by atoms with E-state index >= 15 is 0 Å². The lowest BCUT2D eigenvalue weighted by Crippen LogP contribution is -2.42. The van der Waals surface area contributed by atoms with Crippen LogP contribution in [0.3, 0.4) is 0 Å². The summed E-state index contributed by atoms with van der Waals surface area (Å²) in [6, 6.07) is 12.2. The van der Waals surface area contributed by atoms with Crippen LogP contribution in [0, 0.1) is 11.8 Å². The second kappa shape index (κ2) is 8.87. The van der Waals surface area contributed by atoms with Gasteiger partial charge in [0, 0.05) is 13.1 Å². The van der Waals surface area contributed by atoms with E-state index in [0.29, 0.717) is 50.9 Å². The first kappa shape index (κ1) is 22.2. The first-order valence-electron chi connectivity index (χ1n) is 10.7. The number of ether oxygens (including phenoxy) is 2. The highest BCUT2D eigenvalue weighted by Gasteiger charge is 2.43. The van der Waals surface area contributed by atoms with Crippen LogP contribution in [0.4, 0.5) is 5.69 Å². The number of amides is 2. The van der Waals surface area contributed by atoms with E-state index in [2.05, 4.69) is 18.7 Å². The Balaban J connectivity index is 1.81. The SMILES string of the molecule is COc1ccc(C2=C(N3CC(C)CC(C)C3)C(=O)N(c3ccc(OC)c(Cl)c3)C2=O)cc1. The van der Waals surface area contributed by atoms with E-state index in [1.165, 1.54) is 12.0 Å². The number of halogens is 1. The van der Waals surface area contributed by atoms with Gasteiger partial charge in [-0.25, -0.2) is 4.90 Å². The first-order valence-corrected chi connectivity index (χ1v) is 11.1. The number of hydrogen-bond acceptors (Lipinski definition) is 5. The standard InChI is InChI=1S/C25H27ClN2O4/c1-15-11-16(2)14-27(13-15)23-22(17-5-8-19(31-3)9-6-17)24(29)28(25(23)30)18-7-10-21(32-4)20(26)12-18/h5-10,12,15-16H,11,13-14H2,1-4H3. The molecular weight excluding hydrogens is 428 g/mol. The van der Waals surface area contributed by atoms with Gasteiger partial charge >= 0.3 is 0 Å². The summed E-state index contributed by atoms with van der Waals surface area (Å²) in [5, 5.41) is 0.338. The predicted molar refractivity (Wildman–Crippen MR) is 125 cm³/mol. The Morgan fingerprint density at radius 2 is 1.56 bits per heavy atom. The Morgan fingerprint density at radius 1 is 0.906 bits per heavy atom. The van der Waals surface area contributed by atoms with E-state index in [4.69, 9.17) is 21.1 Å². The number of piperidine rings is 1. The molecule has 0 aromatic heterocycles. The largest absolute Gasteiger partial charge is 0.497 e. The molecule has 1 fully saturated rings. The van der Waals surface area contributed by atoms with Crippen molar-refractivity contribution in [3.05, 3.63) is 58.7 Å². The molecule has 2 aromatic rings. The molecule has 0 saturated carbocycles. The molecule has 6 nitrogen and oxygen atoms in total. The van der Waals surface area contributed by atoms with Gasteiger partial charge in [-0.1, -0.05) is 37.6 Å². The minimum atomic E-state index is -0.359. The van der Waals surface area contributed by atoms with Gasteiger partial charge in [-0.05, 0) is 54.2 Å². The molecule has 32 heavy (non-hydrogen) atoms. The zero-order valence-electron chi connectivity index (χ0n) is 18.7. The second-order valence-corrected chi connectivity index (χ2v) is 8.97. The van der Waals surface area contributed by atoms with Crippen LogP contribution in [0.2, 0.25) is 5.02 Å². The van der Waals surface area contributed by atoms with Crippen LogP contribution in [-0.4, -0.2) is 44.0 Å². The van der Waals surface area contributed by atoms with Crippen molar-refractivity contribution in [2.75, 3.05) is 32.2 Å². The normalized spacial score (nSPS) is 21.4. The summed E-state index contributed by atoms with van der Waals surface area (Å²) >= 11 is 6.30. The van der Waals surface area contributed by atoms with Gasteiger partial charge in [0.15, 0.2) is 0 Å². The minimum Gasteiger partial charge on any atom is -0.497 e. The quantitative estimate of drug-likeness (QED) is 0.617. The number of carbonyl (C=O) groups excluding carboxylic acids is 2. The number of carbonyl (C=O) groups is 2. The molecule has 2 heterocycles. The Bertz CT molecular complexity index is 1070.